The van der Waals surface area contributed by atoms with E-state index in [1.165, 1.54) is 0 Å². The second kappa shape index (κ2) is 5.08. The number of ether oxygens (including phenoxy) is 1. The van der Waals surface area contributed by atoms with Crippen LogP contribution in [0.2, 0.25) is 0 Å². The Balaban J connectivity index is 2.13. The molecule has 2 rings (SSSR count). The molecule has 0 saturated carbocycles. The molecule has 1 heterocycles. The Morgan fingerprint density at radius 1 is 1.33 bits per heavy atom. The van der Waals surface area contributed by atoms with Gasteiger partial charge in [0.15, 0.2) is 0 Å². The maximum absolute atomic E-state index is 12.2. The molecule has 2 amide bonds. The monoisotopic (exact) mass is 248 g/mol. The predicted octanol–water partition coefficient (Wildman–Crippen LogP) is 0.609. The number of likely N-dealkylation sites (N-methyl/N-ethyl adjacent to an activating group) is 1. The first-order valence-corrected chi connectivity index (χ1v) is 5.79. The van der Waals surface area contributed by atoms with Crippen molar-refractivity contribution in [1.82, 2.24) is 9.80 Å². The predicted molar refractivity (Wildman–Crippen MR) is 66.5 cm³/mol. The molecule has 0 radical (unpaired) electrons. The third kappa shape index (κ3) is 2.45. The first kappa shape index (κ1) is 12.4. The number of piperazine rings is 1. The fourth-order valence-corrected chi connectivity index (χ4v) is 1.87. The van der Waals surface area contributed by atoms with Gasteiger partial charge in [-0.1, -0.05) is 6.07 Å². The Hall–Kier alpha value is -2.04. The van der Waals surface area contributed by atoms with E-state index in [4.69, 9.17) is 4.74 Å². The zero-order valence-corrected chi connectivity index (χ0v) is 10.5. The van der Waals surface area contributed by atoms with Crippen molar-refractivity contribution in [2.24, 2.45) is 0 Å². The summed E-state index contributed by atoms with van der Waals surface area (Å²) in [5.41, 5.74) is 0.548. The number of methoxy groups -OCH3 is 1. The number of carbonyl (C=O) groups is 2. The normalized spacial score (nSPS) is 15.8. The molecule has 0 aromatic heterocycles. The van der Waals surface area contributed by atoms with E-state index in [0.717, 1.165) is 0 Å². The summed E-state index contributed by atoms with van der Waals surface area (Å²) >= 11 is 0. The fraction of sp³-hybridized carbons (Fsp3) is 0.385. The van der Waals surface area contributed by atoms with Crippen LogP contribution in [-0.2, 0) is 4.79 Å². The van der Waals surface area contributed by atoms with Crippen molar-refractivity contribution in [2.45, 2.75) is 0 Å². The van der Waals surface area contributed by atoms with E-state index in [1.54, 1.807) is 48.2 Å². The molecule has 1 aromatic rings. The lowest BCUT2D eigenvalue weighted by Crippen LogP contribution is -2.50. The van der Waals surface area contributed by atoms with Crippen molar-refractivity contribution in [3.05, 3.63) is 29.8 Å². The van der Waals surface area contributed by atoms with Gasteiger partial charge in [-0.05, 0) is 18.2 Å². The highest BCUT2D eigenvalue weighted by Crippen LogP contribution is 2.15. The molecule has 96 valence electrons. The van der Waals surface area contributed by atoms with Gasteiger partial charge in [0.25, 0.3) is 5.91 Å². The average molecular weight is 248 g/mol. The van der Waals surface area contributed by atoms with E-state index >= 15 is 0 Å². The number of amides is 2. The molecule has 0 atom stereocenters. The lowest BCUT2D eigenvalue weighted by Gasteiger charge is -2.32. The maximum Gasteiger partial charge on any atom is 0.254 e. The molecule has 0 unspecified atom stereocenters. The molecule has 18 heavy (non-hydrogen) atoms. The molecule has 1 aliphatic rings. The van der Waals surface area contributed by atoms with Crippen LogP contribution in [0, 0.1) is 0 Å². The van der Waals surface area contributed by atoms with Gasteiger partial charge < -0.3 is 14.5 Å². The summed E-state index contributed by atoms with van der Waals surface area (Å²) in [4.78, 5) is 27.0. The van der Waals surface area contributed by atoms with Gasteiger partial charge in [-0.3, -0.25) is 9.59 Å². The van der Waals surface area contributed by atoms with Crippen molar-refractivity contribution < 1.29 is 14.3 Å². The third-order valence-corrected chi connectivity index (χ3v) is 3.06. The molecule has 0 aliphatic carbocycles. The van der Waals surface area contributed by atoms with Crippen LogP contribution in [0.15, 0.2) is 24.3 Å². The van der Waals surface area contributed by atoms with Crippen LogP contribution in [0.5, 0.6) is 5.75 Å². The quantitative estimate of drug-likeness (QED) is 0.770. The summed E-state index contributed by atoms with van der Waals surface area (Å²) < 4.78 is 5.08. The van der Waals surface area contributed by atoms with Crippen LogP contribution in [0.1, 0.15) is 10.4 Å². The molecule has 1 saturated heterocycles. The highest BCUT2D eigenvalue weighted by molar-refractivity contribution is 5.97. The SMILES string of the molecule is COc1cccc(C(=O)N2CCN(C)C(=O)C2)c1. The summed E-state index contributed by atoms with van der Waals surface area (Å²) in [5, 5.41) is 0. The average Bonchev–Trinajstić information content (AvgIpc) is 2.41. The Labute approximate surface area is 106 Å². The second-order valence-electron chi connectivity index (χ2n) is 4.27. The molecule has 5 heteroatoms. The standard InChI is InChI=1S/C13H16N2O3/c1-14-6-7-15(9-12(14)16)13(17)10-4-3-5-11(8-10)18-2/h3-5,8H,6-7,9H2,1-2H3. The molecular formula is C13H16N2O3. The lowest BCUT2D eigenvalue weighted by atomic mass is 10.1. The summed E-state index contributed by atoms with van der Waals surface area (Å²) in [6.45, 7) is 1.29. The van der Waals surface area contributed by atoms with Crippen LogP contribution < -0.4 is 4.74 Å². The highest BCUT2D eigenvalue weighted by atomic mass is 16.5. The van der Waals surface area contributed by atoms with Crippen molar-refractivity contribution >= 4 is 11.8 Å². The molecular weight excluding hydrogens is 232 g/mol. The smallest absolute Gasteiger partial charge is 0.254 e. The molecule has 5 nitrogen and oxygen atoms in total. The summed E-state index contributed by atoms with van der Waals surface area (Å²) in [6, 6.07) is 6.97. The van der Waals surface area contributed by atoms with Gasteiger partial charge in [0.1, 0.15) is 12.3 Å². The molecule has 1 aliphatic heterocycles. The van der Waals surface area contributed by atoms with Crippen molar-refractivity contribution in [3.63, 3.8) is 0 Å². The van der Waals surface area contributed by atoms with Gasteiger partial charge in [0.05, 0.1) is 7.11 Å². The van der Waals surface area contributed by atoms with Gasteiger partial charge in [-0.25, -0.2) is 0 Å². The Bertz CT molecular complexity index is 473. The maximum atomic E-state index is 12.2. The Morgan fingerprint density at radius 3 is 2.78 bits per heavy atom. The van der Waals surface area contributed by atoms with E-state index in [2.05, 4.69) is 0 Å². The zero-order valence-electron chi connectivity index (χ0n) is 10.5. The van der Waals surface area contributed by atoms with E-state index < -0.39 is 0 Å². The highest BCUT2D eigenvalue weighted by Gasteiger charge is 2.25. The van der Waals surface area contributed by atoms with E-state index in [9.17, 15) is 9.59 Å². The van der Waals surface area contributed by atoms with Gasteiger partial charge >= 0.3 is 0 Å². The van der Waals surface area contributed by atoms with E-state index in [0.29, 0.717) is 24.4 Å². The minimum Gasteiger partial charge on any atom is -0.497 e. The molecule has 1 fully saturated rings. The van der Waals surface area contributed by atoms with Gasteiger partial charge in [-0.2, -0.15) is 0 Å². The van der Waals surface area contributed by atoms with Crippen molar-refractivity contribution in [1.29, 1.82) is 0 Å². The second-order valence-corrected chi connectivity index (χ2v) is 4.27. The number of nitrogens with zero attached hydrogens (tertiary/aromatic N) is 2. The van der Waals surface area contributed by atoms with Crippen LogP contribution >= 0.6 is 0 Å². The number of hydrogen-bond donors (Lipinski definition) is 0. The molecule has 1 aromatic carbocycles. The number of rotatable bonds is 2. The van der Waals surface area contributed by atoms with Crippen LogP contribution in [0.25, 0.3) is 0 Å². The van der Waals surface area contributed by atoms with Crippen LogP contribution in [0.3, 0.4) is 0 Å². The van der Waals surface area contributed by atoms with E-state index in [-0.39, 0.29) is 18.4 Å². The summed E-state index contributed by atoms with van der Waals surface area (Å²) in [6.07, 6.45) is 0. The summed E-state index contributed by atoms with van der Waals surface area (Å²) in [7, 11) is 3.30. The number of carbonyl (C=O) groups excluding carboxylic acids is 2. The van der Waals surface area contributed by atoms with E-state index in [1.807, 2.05) is 0 Å². The van der Waals surface area contributed by atoms with Gasteiger partial charge in [-0.15, -0.1) is 0 Å². The Morgan fingerprint density at radius 2 is 2.11 bits per heavy atom. The number of benzene rings is 1. The minimum atomic E-state index is -0.129. The Kier molecular flexibility index (Phi) is 3.50. The van der Waals surface area contributed by atoms with Crippen molar-refractivity contribution in [2.75, 3.05) is 33.8 Å². The largest absolute Gasteiger partial charge is 0.497 e. The minimum absolute atomic E-state index is 0.0301. The topological polar surface area (TPSA) is 49.9 Å². The fourth-order valence-electron chi connectivity index (χ4n) is 1.87. The zero-order chi connectivity index (χ0) is 13.1. The van der Waals surface area contributed by atoms with Crippen LogP contribution in [-0.4, -0.2) is 55.4 Å². The summed E-state index contributed by atoms with van der Waals surface area (Å²) in [5.74, 6) is 0.481. The first-order valence-electron chi connectivity index (χ1n) is 5.79. The molecule has 0 spiro atoms. The molecule has 0 bridgehead atoms. The van der Waals surface area contributed by atoms with Crippen LogP contribution in [0.4, 0.5) is 0 Å². The van der Waals surface area contributed by atoms with Gasteiger partial charge in [0, 0.05) is 25.7 Å². The molecule has 0 N–H and O–H groups in total. The van der Waals surface area contributed by atoms with Crippen molar-refractivity contribution in [3.8, 4) is 5.75 Å². The third-order valence-electron chi connectivity index (χ3n) is 3.06. The lowest BCUT2D eigenvalue weighted by molar-refractivity contribution is -0.133. The van der Waals surface area contributed by atoms with Gasteiger partial charge in [0.2, 0.25) is 5.91 Å². The first-order chi connectivity index (χ1) is 8.61. The number of hydrogen-bond acceptors (Lipinski definition) is 3.